The Morgan fingerprint density at radius 3 is 2.83 bits per heavy atom. The fraction of sp³-hybridized carbons (Fsp3) is 0.571. The molecule has 0 aromatic carbocycles. The first kappa shape index (κ1) is 8.47. The van der Waals surface area contributed by atoms with Gasteiger partial charge < -0.3 is 9.64 Å². The summed E-state index contributed by atoms with van der Waals surface area (Å²) in [4.78, 5) is 2.30. The van der Waals surface area contributed by atoms with Crippen molar-refractivity contribution in [2.75, 3.05) is 31.2 Å². The van der Waals surface area contributed by atoms with Crippen LogP contribution < -0.4 is 4.90 Å². The van der Waals surface area contributed by atoms with E-state index in [1.165, 1.54) is 16.5 Å². The third-order valence-electron chi connectivity index (χ3n) is 1.79. The number of hydrogen-bond donors (Lipinski definition) is 0. The molecule has 1 aliphatic heterocycles. The van der Waals surface area contributed by atoms with Gasteiger partial charge >= 0.3 is 0 Å². The summed E-state index contributed by atoms with van der Waals surface area (Å²) < 4.78 is 10.4. The molecule has 12 heavy (non-hydrogen) atoms. The Morgan fingerprint density at radius 1 is 1.50 bits per heavy atom. The molecule has 0 N–H and O–H groups in total. The quantitative estimate of drug-likeness (QED) is 0.758. The summed E-state index contributed by atoms with van der Waals surface area (Å²) in [6.07, 6.45) is 0. The normalized spacial score (nSPS) is 18.2. The lowest BCUT2D eigenvalue weighted by atomic mass is 10.4. The van der Waals surface area contributed by atoms with Gasteiger partial charge in [-0.1, -0.05) is 0 Å². The van der Waals surface area contributed by atoms with E-state index in [0.29, 0.717) is 0 Å². The van der Waals surface area contributed by atoms with Crippen molar-refractivity contribution < 1.29 is 4.74 Å². The standard InChI is InChI=1S/C7H9BrN2OS/c8-6-5-7(12-9-6)10-1-3-11-4-2-10/h5H,1-4H2. The zero-order valence-corrected chi connectivity index (χ0v) is 8.90. The van der Waals surface area contributed by atoms with Crippen LogP contribution in [0.5, 0.6) is 0 Å². The zero-order chi connectivity index (χ0) is 8.39. The van der Waals surface area contributed by atoms with Gasteiger partial charge in [-0.15, -0.1) is 0 Å². The molecule has 0 aliphatic carbocycles. The van der Waals surface area contributed by atoms with E-state index in [4.69, 9.17) is 4.74 Å². The highest BCUT2D eigenvalue weighted by atomic mass is 79.9. The minimum Gasteiger partial charge on any atom is -0.378 e. The molecule has 1 fully saturated rings. The van der Waals surface area contributed by atoms with Gasteiger partial charge in [0, 0.05) is 19.2 Å². The summed E-state index contributed by atoms with van der Waals surface area (Å²) >= 11 is 4.87. The number of morpholine rings is 1. The molecular weight excluding hydrogens is 240 g/mol. The highest BCUT2D eigenvalue weighted by molar-refractivity contribution is 9.10. The maximum Gasteiger partial charge on any atom is 0.122 e. The maximum absolute atomic E-state index is 5.26. The second-order valence-electron chi connectivity index (χ2n) is 2.59. The monoisotopic (exact) mass is 248 g/mol. The first-order chi connectivity index (χ1) is 5.86. The van der Waals surface area contributed by atoms with Gasteiger partial charge in [-0.3, -0.25) is 0 Å². The molecule has 0 radical (unpaired) electrons. The van der Waals surface area contributed by atoms with Gasteiger partial charge in [0.2, 0.25) is 0 Å². The number of halogens is 1. The molecule has 1 aromatic heterocycles. The fourth-order valence-corrected chi connectivity index (χ4v) is 2.46. The minimum atomic E-state index is 0.829. The van der Waals surface area contributed by atoms with Gasteiger partial charge in [0.1, 0.15) is 9.60 Å². The Hall–Kier alpha value is -0.130. The van der Waals surface area contributed by atoms with E-state index in [1.54, 1.807) is 0 Å². The molecular formula is C7H9BrN2OS. The van der Waals surface area contributed by atoms with Crippen LogP contribution >= 0.6 is 27.5 Å². The molecule has 3 nitrogen and oxygen atoms in total. The Balaban J connectivity index is 2.08. The van der Waals surface area contributed by atoms with Crippen molar-refractivity contribution in [1.29, 1.82) is 0 Å². The SMILES string of the molecule is Brc1cc(N2CCOCC2)sn1. The Kier molecular flexibility index (Phi) is 2.63. The van der Waals surface area contributed by atoms with Crippen LogP contribution in [0.4, 0.5) is 5.00 Å². The van der Waals surface area contributed by atoms with Crippen molar-refractivity contribution >= 4 is 32.5 Å². The Labute approximate surface area is 83.6 Å². The second kappa shape index (κ2) is 3.72. The van der Waals surface area contributed by atoms with E-state index in [1.807, 2.05) is 0 Å². The van der Waals surface area contributed by atoms with Crippen LogP contribution in [-0.2, 0) is 4.74 Å². The first-order valence-electron chi connectivity index (χ1n) is 3.81. The van der Waals surface area contributed by atoms with Crippen LogP contribution in [-0.4, -0.2) is 30.7 Å². The molecule has 0 unspecified atom stereocenters. The van der Waals surface area contributed by atoms with Crippen molar-refractivity contribution in [2.45, 2.75) is 0 Å². The van der Waals surface area contributed by atoms with E-state index in [0.717, 1.165) is 30.9 Å². The summed E-state index contributed by atoms with van der Waals surface area (Å²) in [5.41, 5.74) is 0. The molecule has 0 atom stereocenters. The summed E-state index contributed by atoms with van der Waals surface area (Å²) in [6.45, 7) is 3.62. The third kappa shape index (κ3) is 1.78. The largest absolute Gasteiger partial charge is 0.378 e. The second-order valence-corrected chi connectivity index (χ2v) is 4.18. The molecule has 0 saturated carbocycles. The van der Waals surface area contributed by atoms with E-state index in [9.17, 15) is 0 Å². The highest BCUT2D eigenvalue weighted by Gasteiger charge is 2.12. The molecule has 0 amide bonds. The minimum absolute atomic E-state index is 0.829. The van der Waals surface area contributed by atoms with Crippen molar-refractivity contribution in [2.24, 2.45) is 0 Å². The molecule has 0 spiro atoms. The lowest BCUT2D eigenvalue weighted by molar-refractivity contribution is 0.123. The van der Waals surface area contributed by atoms with Crippen molar-refractivity contribution in [3.8, 4) is 0 Å². The van der Waals surface area contributed by atoms with E-state index < -0.39 is 0 Å². The first-order valence-corrected chi connectivity index (χ1v) is 5.38. The van der Waals surface area contributed by atoms with Crippen LogP contribution in [0.15, 0.2) is 10.7 Å². The predicted molar refractivity (Wildman–Crippen MR) is 52.8 cm³/mol. The zero-order valence-electron chi connectivity index (χ0n) is 6.49. The number of aromatic nitrogens is 1. The molecule has 66 valence electrons. The summed E-state index contributed by atoms with van der Waals surface area (Å²) in [6, 6.07) is 2.05. The third-order valence-corrected chi connectivity index (χ3v) is 3.28. The predicted octanol–water partition coefficient (Wildman–Crippen LogP) is 1.74. The van der Waals surface area contributed by atoms with Crippen LogP contribution in [0, 0.1) is 0 Å². The highest BCUT2D eigenvalue weighted by Crippen LogP contribution is 2.24. The van der Waals surface area contributed by atoms with Gasteiger partial charge in [-0.25, -0.2) is 0 Å². The average molecular weight is 249 g/mol. The van der Waals surface area contributed by atoms with E-state index in [2.05, 4.69) is 31.3 Å². The van der Waals surface area contributed by atoms with Crippen LogP contribution in [0.25, 0.3) is 0 Å². The fourth-order valence-electron chi connectivity index (χ4n) is 1.18. The molecule has 5 heteroatoms. The molecule has 2 rings (SSSR count). The summed E-state index contributed by atoms with van der Waals surface area (Å²) in [5, 5.41) is 1.23. The van der Waals surface area contributed by atoms with Crippen LogP contribution in [0.2, 0.25) is 0 Å². The van der Waals surface area contributed by atoms with Crippen molar-refractivity contribution in [3.63, 3.8) is 0 Å². The van der Waals surface area contributed by atoms with Gasteiger partial charge in [-0.2, -0.15) is 4.37 Å². The lowest BCUT2D eigenvalue weighted by Gasteiger charge is -2.26. The van der Waals surface area contributed by atoms with E-state index >= 15 is 0 Å². The van der Waals surface area contributed by atoms with Crippen molar-refractivity contribution in [3.05, 3.63) is 10.7 Å². The topological polar surface area (TPSA) is 25.4 Å². The molecule has 1 aromatic rings. The molecule has 2 heterocycles. The lowest BCUT2D eigenvalue weighted by Crippen LogP contribution is -2.35. The van der Waals surface area contributed by atoms with Gasteiger partial charge in [0.05, 0.1) is 13.2 Å². The number of rotatable bonds is 1. The number of nitrogens with zero attached hydrogens (tertiary/aromatic N) is 2. The number of hydrogen-bond acceptors (Lipinski definition) is 4. The smallest absolute Gasteiger partial charge is 0.122 e. The molecule has 0 bridgehead atoms. The average Bonchev–Trinajstić information content (AvgIpc) is 2.54. The Bertz CT molecular complexity index is 260. The van der Waals surface area contributed by atoms with Crippen LogP contribution in [0.3, 0.4) is 0 Å². The molecule has 1 aliphatic rings. The van der Waals surface area contributed by atoms with Gasteiger partial charge in [0.15, 0.2) is 0 Å². The summed E-state index contributed by atoms with van der Waals surface area (Å²) in [7, 11) is 0. The van der Waals surface area contributed by atoms with Crippen LogP contribution in [0.1, 0.15) is 0 Å². The molecule has 1 saturated heterocycles. The maximum atomic E-state index is 5.26. The van der Waals surface area contributed by atoms with Gasteiger partial charge in [-0.05, 0) is 27.5 Å². The summed E-state index contributed by atoms with van der Waals surface area (Å²) in [5.74, 6) is 0. The van der Waals surface area contributed by atoms with E-state index in [-0.39, 0.29) is 0 Å². The van der Waals surface area contributed by atoms with Crippen molar-refractivity contribution in [1.82, 2.24) is 4.37 Å². The number of ether oxygens (including phenoxy) is 1. The Morgan fingerprint density at radius 2 is 2.25 bits per heavy atom. The van der Waals surface area contributed by atoms with Gasteiger partial charge in [0.25, 0.3) is 0 Å². The number of anilines is 1.